The molecule has 0 radical (unpaired) electrons. The van der Waals surface area contributed by atoms with Gasteiger partial charge in [0, 0.05) is 0 Å². The van der Waals surface area contributed by atoms with Gasteiger partial charge in [-0.25, -0.2) is 0 Å². The minimum atomic E-state index is -2.48. The molecular formula is C25H36O4Si. The Morgan fingerprint density at radius 3 is 1.57 bits per heavy atom. The molecule has 0 saturated heterocycles. The first kappa shape index (κ1) is 24.5. The largest absolute Gasteiger partial charge is 0.405 e. The predicted molar refractivity (Wildman–Crippen MR) is 126 cm³/mol. The van der Waals surface area contributed by atoms with Crippen molar-refractivity contribution < 1.29 is 18.6 Å². The maximum Gasteiger partial charge on any atom is 0.261 e. The van der Waals surface area contributed by atoms with Crippen LogP contribution >= 0.6 is 0 Å². The van der Waals surface area contributed by atoms with Crippen LogP contribution in [0.5, 0.6) is 0 Å². The molecule has 2 aromatic carbocycles. The van der Waals surface area contributed by atoms with Gasteiger partial charge in [-0.15, -0.1) is 6.58 Å². The Kier molecular flexibility index (Phi) is 10.5. The van der Waals surface area contributed by atoms with E-state index >= 15 is 0 Å². The Balaban J connectivity index is 1.95. The monoisotopic (exact) mass is 428 g/mol. The Labute approximate surface area is 183 Å². The van der Waals surface area contributed by atoms with Gasteiger partial charge in [-0.2, -0.15) is 0 Å². The van der Waals surface area contributed by atoms with E-state index in [1.54, 1.807) is 6.08 Å². The summed E-state index contributed by atoms with van der Waals surface area (Å²) >= 11 is 0. The molecule has 0 spiro atoms. The summed E-state index contributed by atoms with van der Waals surface area (Å²) in [4.78, 5) is 0. The fraction of sp³-hybridized carbons (Fsp3) is 0.440. The van der Waals surface area contributed by atoms with Gasteiger partial charge < -0.3 is 18.6 Å². The van der Waals surface area contributed by atoms with Crippen molar-refractivity contribution in [3.8, 4) is 0 Å². The number of hydrogen-bond donors (Lipinski definition) is 0. The molecule has 0 bridgehead atoms. The molecule has 164 valence electrons. The molecule has 2 rings (SSSR count). The topological polar surface area (TPSA) is 36.9 Å². The van der Waals surface area contributed by atoms with Crippen LogP contribution in [-0.4, -0.2) is 54.6 Å². The SMILES string of the molecule is C=CCOCCOCCOCCO[Si](c1ccccc1)(c1ccccc1)C(C)(C)C. The molecule has 0 atom stereocenters. The van der Waals surface area contributed by atoms with Crippen LogP contribution in [0.1, 0.15) is 20.8 Å². The lowest BCUT2D eigenvalue weighted by Gasteiger charge is -2.43. The highest BCUT2D eigenvalue weighted by atomic mass is 28.4. The van der Waals surface area contributed by atoms with Crippen LogP contribution in [0.3, 0.4) is 0 Å². The van der Waals surface area contributed by atoms with Gasteiger partial charge in [0.2, 0.25) is 0 Å². The predicted octanol–water partition coefficient (Wildman–Crippen LogP) is 3.80. The molecule has 0 amide bonds. The number of rotatable bonds is 14. The zero-order valence-corrected chi connectivity index (χ0v) is 19.6. The van der Waals surface area contributed by atoms with Crippen molar-refractivity contribution in [3.63, 3.8) is 0 Å². The molecule has 4 nitrogen and oxygen atoms in total. The molecule has 0 aliphatic heterocycles. The van der Waals surface area contributed by atoms with Crippen molar-refractivity contribution >= 4 is 18.7 Å². The molecule has 0 N–H and O–H groups in total. The molecule has 0 aromatic heterocycles. The first-order valence-electron chi connectivity index (χ1n) is 10.6. The van der Waals surface area contributed by atoms with Crippen LogP contribution in [-0.2, 0) is 18.6 Å². The maximum absolute atomic E-state index is 6.78. The van der Waals surface area contributed by atoms with Gasteiger partial charge in [0.15, 0.2) is 0 Å². The van der Waals surface area contributed by atoms with Crippen LogP contribution in [0.2, 0.25) is 5.04 Å². The van der Waals surface area contributed by atoms with E-state index in [-0.39, 0.29) is 5.04 Å². The van der Waals surface area contributed by atoms with E-state index in [1.807, 2.05) is 0 Å². The van der Waals surface area contributed by atoms with Gasteiger partial charge in [-0.1, -0.05) is 87.5 Å². The standard InChI is InChI=1S/C25H36O4Si/c1-5-16-26-17-18-27-19-20-28-21-22-29-30(25(2,3)4,23-12-8-6-9-13-23)24-14-10-7-11-15-24/h5-15H,1,16-22H2,2-4H3. The third-order valence-electron chi connectivity index (χ3n) is 4.94. The first-order valence-corrected chi connectivity index (χ1v) is 12.5. The molecule has 0 aliphatic carbocycles. The summed E-state index contributed by atoms with van der Waals surface area (Å²) in [5.74, 6) is 0. The average Bonchev–Trinajstić information content (AvgIpc) is 2.75. The van der Waals surface area contributed by atoms with E-state index < -0.39 is 8.32 Å². The normalized spacial score (nSPS) is 12.1. The summed E-state index contributed by atoms with van der Waals surface area (Å²) in [5, 5.41) is 2.54. The lowest BCUT2D eigenvalue weighted by atomic mass is 10.2. The Hall–Kier alpha value is -1.76. The fourth-order valence-corrected chi connectivity index (χ4v) is 8.17. The fourth-order valence-electron chi connectivity index (χ4n) is 3.62. The van der Waals surface area contributed by atoms with E-state index in [2.05, 4.69) is 88.0 Å². The van der Waals surface area contributed by atoms with Gasteiger partial charge in [-0.3, -0.25) is 0 Å². The molecule has 5 heteroatoms. The molecular weight excluding hydrogens is 392 g/mol. The smallest absolute Gasteiger partial charge is 0.261 e. The lowest BCUT2D eigenvalue weighted by Crippen LogP contribution is -2.66. The van der Waals surface area contributed by atoms with Gasteiger partial charge in [0.05, 0.1) is 46.2 Å². The third-order valence-corrected chi connectivity index (χ3v) is 9.99. The van der Waals surface area contributed by atoms with Crippen molar-refractivity contribution in [1.29, 1.82) is 0 Å². The van der Waals surface area contributed by atoms with E-state index in [0.29, 0.717) is 46.2 Å². The first-order chi connectivity index (χ1) is 14.5. The number of ether oxygens (including phenoxy) is 3. The Morgan fingerprint density at radius 1 is 0.700 bits per heavy atom. The zero-order valence-electron chi connectivity index (χ0n) is 18.6. The van der Waals surface area contributed by atoms with E-state index in [1.165, 1.54) is 10.4 Å². The van der Waals surface area contributed by atoms with Crippen LogP contribution in [0, 0.1) is 0 Å². The second-order valence-corrected chi connectivity index (χ2v) is 12.4. The highest BCUT2D eigenvalue weighted by molar-refractivity contribution is 6.99. The van der Waals surface area contributed by atoms with Gasteiger partial charge >= 0.3 is 0 Å². The Morgan fingerprint density at radius 2 is 1.13 bits per heavy atom. The summed E-state index contributed by atoms with van der Waals surface area (Å²) in [7, 11) is -2.48. The Bertz CT molecular complexity index is 673. The molecule has 30 heavy (non-hydrogen) atoms. The van der Waals surface area contributed by atoms with Gasteiger partial charge in [-0.05, 0) is 15.4 Å². The van der Waals surface area contributed by atoms with Crippen molar-refractivity contribution in [2.45, 2.75) is 25.8 Å². The third kappa shape index (κ3) is 6.89. The minimum Gasteiger partial charge on any atom is -0.405 e. The summed E-state index contributed by atoms with van der Waals surface area (Å²) in [6, 6.07) is 21.3. The van der Waals surface area contributed by atoms with Crippen molar-refractivity contribution in [2.75, 3.05) is 46.2 Å². The molecule has 0 saturated carbocycles. The molecule has 2 aromatic rings. The zero-order chi connectivity index (χ0) is 21.7. The van der Waals surface area contributed by atoms with Crippen LogP contribution in [0.4, 0.5) is 0 Å². The molecule has 0 heterocycles. The van der Waals surface area contributed by atoms with Crippen LogP contribution in [0.25, 0.3) is 0 Å². The van der Waals surface area contributed by atoms with E-state index in [0.717, 1.165) is 0 Å². The second kappa shape index (κ2) is 12.8. The summed E-state index contributed by atoms with van der Waals surface area (Å²) < 4.78 is 23.3. The number of benzene rings is 2. The molecule has 0 fully saturated rings. The second-order valence-electron chi connectivity index (χ2n) is 8.10. The highest BCUT2D eigenvalue weighted by Gasteiger charge is 2.49. The minimum absolute atomic E-state index is 0.0236. The summed E-state index contributed by atoms with van der Waals surface area (Å²) in [6.07, 6.45) is 1.73. The summed E-state index contributed by atoms with van der Waals surface area (Å²) in [5.41, 5.74) is 0. The lowest BCUT2D eigenvalue weighted by molar-refractivity contribution is 0.0129. The van der Waals surface area contributed by atoms with Crippen molar-refractivity contribution in [1.82, 2.24) is 0 Å². The van der Waals surface area contributed by atoms with E-state index in [9.17, 15) is 0 Å². The highest BCUT2D eigenvalue weighted by Crippen LogP contribution is 2.36. The average molecular weight is 429 g/mol. The van der Waals surface area contributed by atoms with E-state index in [4.69, 9.17) is 18.6 Å². The quantitative estimate of drug-likeness (QED) is 0.261. The van der Waals surface area contributed by atoms with Gasteiger partial charge in [0.25, 0.3) is 8.32 Å². The maximum atomic E-state index is 6.78. The molecule has 0 unspecified atom stereocenters. The van der Waals surface area contributed by atoms with Crippen LogP contribution in [0.15, 0.2) is 73.3 Å². The summed E-state index contributed by atoms with van der Waals surface area (Å²) in [6.45, 7) is 14.3. The van der Waals surface area contributed by atoms with Crippen molar-refractivity contribution in [2.24, 2.45) is 0 Å². The van der Waals surface area contributed by atoms with Gasteiger partial charge in [0.1, 0.15) is 0 Å². The van der Waals surface area contributed by atoms with Crippen molar-refractivity contribution in [3.05, 3.63) is 73.3 Å². The van der Waals surface area contributed by atoms with Crippen LogP contribution < -0.4 is 10.4 Å². The molecule has 0 aliphatic rings. The number of hydrogen-bond acceptors (Lipinski definition) is 4.